The Hall–Kier alpha value is -1.74. The molecule has 0 saturated heterocycles. The number of carboxylic acid groups (broad SMARTS) is 1. The molecule has 0 radical (unpaired) electrons. The third-order valence-electron chi connectivity index (χ3n) is 2.66. The summed E-state index contributed by atoms with van der Waals surface area (Å²) < 4.78 is 0. The predicted octanol–water partition coefficient (Wildman–Crippen LogP) is 4.24. The molecule has 0 fully saturated rings. The zero-order valence-electron chi connectivity index (χ0n) is 10.0. The molecular weight excluding hydrogens is 244 g/mol. The van der Waals surface area contributed by atoms with Gasteiger partial charge in [-0.05, 0) is 30.7 Å². The molecule has 0 aliphatic heterocycles. The fraction of sp³-hybridized carbons (Fsp3) is 0.133. The Bertz CT molecular complexity index is 537. The van der Waals surface area contributed by atoms with Crippen molar-refractivity contribution in [2.75, 3.05) is 0 Å². The van der Waals surface area contributed by atoms with Crippen LogP contribution in [0.25, 0.3) is 0 Å². The van der Waals surface area contributed by atoms with Crippen LogP contribution in [0.5, 0.6) is 0 Å². The summed E-state index contributed by atoms with van der Waals surface area (Å²) in [5.41, 5.74) is 1.57. The van der Waals surface area contributed by atoms with Gasteiger partial charge in [-0.25, -0.2) is 4.79 Å². The summed E-state index contributed by atoms with van der Waals surface area (Å²) in [6.45, 7) is 2.12. The Balaban J connectivity index is 2.14. The minimum atomic E-state index is -0.884. The van der Waals surface area contributed by atoms with Crippen LogP contribution in [0.15, 0.2) is 59.5 Å². The van der Waals surface area contributed by atoms with Gasteiger partial charge >= 0.3 is 5.97 Å². The van der Waals surface area contributed by atoms with Crippen molar-refractivity contribution in [3.05, 3.63) is 65.7 Å². The van der Waals surface area contributed by atoms with Gasteiger partial charge in [0.1, 0.15) is 0 Å². The van der Waals surface area contributed by atoms with Gasteiger partial charge in [0.25, 0.3) is 0 Å². The highest BCUT2D eigenvalue weighted by molar-refractivity contribution is 7.99. The predicted molar refractivity (Wildman–Crippen MR) is 74.1 cm³/mol. The van der Waals surface area contributed by atoms with Crippen molar-refractivity contribution < 1.29 is 9.90 Å². The molecule has 0 bridgehead atoms. The molecule has 0 aliphatic rings. The number of carboxylic acids is 1. The number of carbonyl (C=O) groups is 1. The van der Waals surface area contributed by atoms with Gasteiger partial charge in [-0.2, -0.15) is 0 Å². The Morgan fingerprint density at radius 1 is 1.11 bits per heavy atom. The lowest BCUT2D eigenvalue weighted by atomic mass is 10.2. The summed E-state index contributed by atoms with van der Waals surface area (Å²) in [5.74, 6) is -0.884. The highest BCUT2D eigenvalue weighted by Gasteiger charge is 2.09. The lowest BCUT2D eigenvalue weighted by Gasteiger charge is -2.11. The van der Waals surface area contributed by atoms with E-state index in [4.69, 9.17) is 5.11 Å². The molecule has 2 rings (SSSR count). The van der Waals surface area contributed by atoms with E-state index in [-0.39, 0.29) is 0 Å². The lowest BCUT2D eigenvalue weighted by molar-refractivity contribution is 0.0696. The number of thioether (sulfide) groups is 1. The van der Waals surface area contributed by atoms with Gasteiger partial charge in [-0.15, -0.1) is 11.8 Å². The highest BCUT2D eigenvalue weighted by atomic mass is 32.2. The van der Waals surface area contributed by atoms with E-state index in [0.717, 1.165) is 4.90 Å². The van der Waals surface area contributed by atoms with Crippen LogP contribution in [-0.4, -0.2) is 11.1 Å². The van der Waals surface area contributed by atoms with E-state index in [1.165, 1.54) is 5.56 Å². The van der Waals surface area contributed by atoms with E-state index in [2.05, 4.69) is 19.1 Å². The third-order valence-corrected chi connectivity index (χ3v) is 3.81. The van der Waals surface area contributed by atoms with Crippen LogP contribution in [-0.2, 0) is 0 Å². The van der Waals surface area contributed by atoms with Crippen LogP contribution >= 0.6 is 11.8 Å². The third kappa shape index (κ3) is 3.14. The highest BCUT2D eigenvalue weighted by Crippen LogP contribution is 2.34. The van der Waals surface area contributed by atoms with Gasteiger partial charge < -0.3 is 5.11 Å². The van der Waals surface area contributed by atoms with Crippen LogP contribution in [0.4, 0.5) is 0 Å². The van der Waals surface area contributed by atoms with Crippen molar-refractivity contribution in [2.45, 2.75) is 17.1 Å². The standard InChI is InChI=1S/C15H14O2S/c1-11(12-6-3-2-4-7-12)18-14-9-5-8-13(10-14)15(16)17/h2-11H,1H3,(H,16,17). The first-order valence-corrected chi connectivity index (χ1v) is 6.60. The molecule has 3 heteroatoms. The van der Waals surface area contributed by atoms with Gasteiger partial charge in [0.05, 0.1) is 5.56 Å². The van der Waals surface area contributed by atoms with Crippen LogP contribution < -0.4 is 0 Å². The maximum Gasteiger partial charge on any atom is 0.335 e. The van der Waals surface area contributed by atoms with E-state index < -0.39 is 5.97 Å². The lowest BCUT2D eigenvalue weighted by Crippen LogP contribution is -1.96. The van der Waals surface area contributed by atoms with Crippen molar-refractivity contribution >= 4 is 17.7 Å². The smallest absolute Gasteiger partial charge is 0.335 e. The monoisotopic (exact) mass is 258 g/mol. The fourth-order valence-electron chi connectivity index (χ4n) is 1.70. The van der Waals surface area contributed by atoms with Gasteiger partial charge in [0, 0.05) is 10.1 Å². The maximum atomic E-state index is 10.9. The zero-order chi connectivity index (χ0) is 13.0. The van der Waals surface area contributed by atoms with Gasteiger partial charge in [0.2, 0.25) is 0 Å². The number of hydrogen-bond donors (Lipinski definition) is 1. The summed E-state index contributed by atoms with van der Waals surface area (Å²) in [6.07, 6.45) is 0. The summed E-state index contributed by atoms with van der Waals surface area (Å²) in [6, 6.07) is 17.2. The molecule has 0 spiro atoms. The number of rotatable bonds is 4. The first kappa shape index (κ1) is 12.7. The first-order chi connectivity index (χ1) is 8.66. The van der Waals surface area contributed by atoms with Crippen molar-refractivity contribution in [3.63, 3.8) is 0 Å². The van der Waals surface area contributed by atoms with E-state index >= 15 is 0 Å². The van der Waals surface area contributed by atoms with Crippen molar-refractivity contribution in [1.82, 2.24) is 0 Å². The number of hydrogen-bond acceptors (Lipinski definition) is 2. The van der Waals surface area contributed by atoms with Gasteiger partial charge in [-0.3, -0.25) is 0 Å². The quantitative estimate of drug-likeness (QED) is 0.833. The van der Waals surface area contributed by atoms with Crippen molar-refractivity contribution in [2.24, 2.45) is 0 Å². The molecule has 2 nitrogen and oxygen atoms in total. The van der Waals surface area contributed by atoms with E-state index in [1.807, 2.05) is 24.3 Å². The SMILES string of the molecule is CC(Sc1cccc(C(=O)O)c1)c1ccccc1. The van der Waals surface area contributed by atoms with Gasteiger partial charge in [-0.1, -0.05) is 36.4 Å². The minimum absolute atomic E-state index is 0.301. The number of aromatic carboxylic acids is 1. The van der Waals surface area contributed by atoms with Crippen molar-refractivity contribution in [1.29, 1.82) is 0 Å². The molecule has 18 heavy (non-hydrogen) atoms. The Morgan fingerprint density at radius 3 is 2.50 bits per heavy atom. The normalized spacial score (nSPS) is 12.1. The van der Waals surface area contributed by atoms with Crippen LogP contribution in [0.1, 0.15) is 28.1 Å². The molecule has 1 atom stereocenters. The molecule has 0 heterocycles. The molecule has 0 amide bonds. The molecule has 1 unspecified atom stereocenters. The second-order valence-electron chi connectivity index (χ2n) is 4.00. The van der Waals surface area contributed by atoms with Gasteiger partial charge in [0.15, 0.2) is 0 Å². The van der Waals surface area contributed by atoms with Crippen molar-refractivity contribution in [3.8, 4) is 0 Å². The van der Waals surface area contributed by atoms with Crippen LogP contribution in [0.3, 0.4) is 0 Å². The van der Waals surface area contributed by atoms with Crippen LogP contribution in [0.2, 0.25) is 0 Å². The Kier molecular flexibility index (Phi) is 4.05. The molecule has 0 aromatic heterocycles. The molecule has 0 saturated carbocycles. The van der Waals surface area contributed by atoms with Crippen LogP contribution in [0, 0.1) is 0 Å². The summed E-state index contributed by atoms with van der Waals surface area (Å²) in [5, 5.41) is 9.25. The molecular formula is C15H14O2S. The average Bonchev–Trinajstić information content (AvgIpc) is 2.40. The number of benzene rings is 2. The molecule has 2 aromatic carbocycles. The minimum Gasteiger partial charge on any atom is -0.478 e. The Morgan fingerprint density at radius 2 is 1.83 bits per heavy atom. The summed E-state index contributed by atoms with van der Waals surface area (Å²) in [4.78, 5) is 11.9. The Labute approximate surface area is 111 Å². The molecule has 2 aromatic rings. The fourth-order valence-corrected chi connectivity index (χ4v) is 2.75. The first-order valence-electron chi connectivity index (χ1n) is 5.72. The molecule has 0 aliphatic carbocycles. The average molecular weight is 258 g/mol. The second-order valence-corrected chi connectivity index (χ2v) is 5.42. The topological polar surface area (TPSA) is 37.3 Å². The summed E-state index contributed by atoms with van der Waals surface area (Å²) in [7, 11) is 0. The zero-order valence-corrected chi connectivity index (χ0v) is 10.9. The van der Waals surface area contributed by atoms with E-state index in [9.17, 15) is 4.79 Å². The second kappa shape index (κ2) is 5.74. The molecule has 92 valence electrons. The maximum absolute atomic E-state index is 10.9. The molecule has 1 N–H and O–H groups in total. The summed E-state index contributed by atoms with van der Waals surface area (Å²) >= 11 is 1.66. The van der Waals surface area contributed by atoms with E-state index in [0.29, 0.717) is 10.8 Å². The van der Waals surface area contributed by atoms with E-state index in [1.54, 1.807) is 30.0 Å². The largest absolute Gasteiger partial charge is 0.478 e.